The summed E-state index contributed by atoms with van der Waals surface area (Å²) in [6, 6.07) is 7.93. The average Bonchev–Trinajstić information content (AvgIpc) is 2.84. The molecule has 5 heteroatoms. The molecule has 0 aliphatic carbocycles. The van der Waals surface area contributed by atoms with E-state index in [0.717, 1.165) is 29.2 Å². The van der Waals surface area contributed by atoms with Gasteiger partial charge in [-0.25, -0.2) is 0 Å². The summed E-state index contributed by atoms with van der Waals surface area (Å²) in [5, 5.41) is 7.22. The molecule has 3 aromatic rings. The van der Waals surface area contributed by atoms with Crippen molar-refractivity contribution < 1.29 is 0 Å². The molecule has 2 aromatic heterocycles. The van der Waals surface area contributed by atoms with E-state index in [1.54, 1.807) is 0 Å². The lowest BCUT2D eigenvalue weighted by Crippen LogP contribution is -2.18. The van der Waals surface area contributed by atoms with E-state index in [4.69, 9.17) is 11.6 Å². The molecule has 0 spiro atoms. The Balaban J connectivity index is 1.82. The number of hydrogen-bond acceptors (Lipinski definition) is 3. The van der Waals surface area contributed by atoms with Crippen LogP contribution in [-0.2, 0) is 20.1 Å². The highest BCUT2D eigenvalue weighted by molar-refractivity contribution is 6.31. The zero-order valence-electron chi connectivity index (χ0n) is 12.1. The molecule has 0 saturated carbocycles. The fraction of sp³-hybridized carbons (Fsp3) is 0.250. The van der Waals surface area contributed by atoms with Crippen molar-refractivity contribution in [2.24, 2.45) is 7.05 Å². The van der Waals surface area contributed by atoms with E-state index in [-0.39, 0.29) is 0 Å². The largest absolute Gasteiger partial charge is 0.296 e. The number of aryl methyl sites for hydroxylation is 1. The molecule has 3 rings (SSSR count). The van der Waals surface area contributed by atoms with Gasteiger partial charge in [-0.1, -0.05) is 17.7 Å². The summed E-state index contributed by atoms with van der Waals surface area (Å²) in [6.07, 6.45) is 5.78. The molecule has 2 heterocycles. The number of halogens is 1. The number of nitrogens with zero attached hydrogens (tertiary/aromatic N) is 4. The third kappa shape index (κ3) is 3.23. The van der Waals surface area contributed by atoms with Crippen molar-refractivity contribution in [2.45, 2.75) is 13.1 Å². The van der Waals surface area contributed by atoms with Gasteiger partial charge in [-0.3, -0.25) is 14.6 Å². The zero-order chi connectivity index (χ0) is 14.8. The van der Waals surface area contributed by atoms with Crippen LogP contribution in [0.4, 0.5) is 0 Å². The minimum absolute atomic E-state index is 0.742. The Morgan fingerprint density at radius 3 is 2.86 bits per heavy atom. The van der Waals surface area contributed by atoms with Gasteiger partial charge in [0.2, 0.25) is 0 Å². The smallest absolute Gasteiger partial charge is 0.0622 e. The Bertz CT molecular complexity index is 766. The van der Waals surface area contributed by atoms with Crippen molar-refractivity contribution >= 4 is 22.4 Å². The van der Waals surface area contributed by atoms with Gasteiger partial charge in [0, 0.05) is 48.5 Å². The van der Waals surface area contributed by atoms with Crippen LogP contribution in [0.3, 0.4) is 0 Å². The van der Waals surface area contributed by atoms with Crippen molar-refractivity contribution in [3.8, 4) is 0 Å². The second-order valence-electron chi connectivity index (χ2n) is 5.32. The second-order valence-corrected chi connectivity index (χ2v) is 5.75. The average molecular weight is 301 g/mol. The number of aromatic nitrogens is 3. The Hall–Kier alpha value is -1.91. The highest BCUT2D eigenvalue weighted by Crippen LogP contribution is 2.22. The van der Waals surface area contributed by atoms with Crippen molar-refractivity contribution in [1.82, 2.24) is 19.7 Å². The molecule has 0 bridgehead atoms. The third-order valence-electron chi connectivity index (χ3n) is 3.44. The molecule has 0 radical (unpaired) electrons. The highest BCUT2D eigenvalue weighted by atomic mass is 35.5. The first-order valence-corrected chi connectivity index (χ1v) is 7.19. The summed E-state index contributed by atoms with van der Waals surface area (Å²) < 4.78 is 1.82. The molecule has 0 unspecified atom stereocenters. The second kappa shape index (κ2) is 5.84. The number of benzene rings is 1. The Labute approximate surface area is 129 Å². The molecule has 4 nitrogen and oxygen atoms in total. The minimum Gasteiger partial charge on any atom is -0.296 e. The maximum absolute atomic E-state index is 6.11. The first-order chi connectivity index (χ1) is 10.1. The van der Waals surface area contributed by atoms with Crippen LogP contribution in [0.5, 0.6) is 0 Å². The first-order valence-electron chi connectivity index (χ1n) is 6.81. The predicted octanol–water partition coefficient (Wildman–Crippen LogP) is 3.25. The monoisotopic (exact) mass is 300 g/mol. The van der Waals surface area contributed by atoms with E-state index in [1.165, 1.54) is 10.9 Å². The summed E-state index contributed by atoms with van der Waals surface area (Å²) in [5.41, 5.74) is 2.24. The molecule has 0 saturated heterocycles. The quantitative estimate of drug-likeness (QED) is 0.742. The SMILES string of the molecule is CN(Cc1cnn(C)c1)Cc1nccc2ccc(Cl)cc12. The molecular weight excluding hydrogens is 284 g/mol. The van der Waals surface area contributed by atoms with E-state index in [2.05, 4.69) is 22.0 Å². The molecule has 108 valence electrons. The van der Waals surface area contributed by atoms with Crippen LogP contribution < -0.4 is 0 Å². The number of rotatable bonds is 4. The van der Waals surface area contributed by atoms with Crippen molar-refractivity contribution in [1.29, 1.82) is 0 Å². The van der Waals surface area contributed by atoms with Crippen molar-refractivity contribution in [3.05, 3.63) is 59.1 Å². The lowest BCUT2D eigenvalue weighted by molar-refractivity contribution is 0.316. The standard InChI is InChI=1S/C16H17ClN4/c1-20(9-12-8-19-21(2)10-12)11-16-15-7-14(17)4-3-13(15)5-6-18-16/h3-8,10H,9,11H2,1-2H3. The minimum atomic E-state index is 0.742. The van der Waals surface area contributed by atoms with E-state index in [1.807, 2.05) is 54.6 Å². The Kier molecular flexibility index (Phi) is 3.90. The van der Waals surface area contributed by atoms with Crippen LogP contribution in [0.25, 0.3) is 10.8 Å². The summed E-state index contributed by atoms with van der Waals surface area (Å²) in [4.78, 5) is 6.74. The molecule has 1 aromatic carbocycles. The molecule has 0 amide bonds. The van der Waals surface area contributed by atoms with E-state index >= 15 is 0 Å². The van der Waals surface area contributed by atoms with Gasteiger partial charge in [-0.2, -0.15) is 5.10 Å². The summed E-state index contributed by atoms with van der Waals surface area (Å²) in [6.45, 7) is 1.61. The van der Waals surface area contributed by atoms with E-state index in [0.29, 0.717) is 0 Å². The molecule has 0 aliphatic rings. The maximum Gasteiger partial charge on any atom is 0.0622 e. The van der Waals surface area contributed by atoms with Gasteiger partial charge in [-0.05, 0) is 30.6 Å². The number of pyridine rings is 1. The van der Waals surface area contributed by atoms with Crippen LogP contribution in [0.1, 0.15) is 11.3 Å². The Morgan fingerprint density at radius 1 is 1.24 bits per heavy atom. The predicted molar refractivity (Wildman–Crippen MR) is 85.1 cm³/mol. The first kappa shape index (κ1) is 14.0. The van der Waals surface area contributed by atoms with E-state index < -0.39 is 0 Å². The molecule has 0 aliphatic heterocycles. The van der Waals surface area contributed by atoms with Crippen LogP contribution in [-0.4, -0.2) is 26.7 Å². The molecule has 0 fully saturated rings. The molecule has 0 atom stereocenters. The number of fused-ring (bicyclic) bond motifs is 1. The zero-order valence-corrected chi connectivity index (χ0v) is 12.9. The van der Waals surface area contributed by atoms with Crippen molar-refractivity contribution in [3.63, 3.8) is 0 Å². The van der Waals surface area contributed by atoms with Gasteiger partial charge in [0.15, 0.2) is 0 Å². The fourth-order valence-electron chi connectivity index (χ4n) is 2.50. The summed E-state index contributed by atoms with van der Waals surface area (Å²) in [7, 11) is 4.01. The van der Waals surface area contributed by atoms with Gasteiger partial charge in [0.1, 0.15) is 0 Å². The van der Waals surface area contributed by atoms with Crippen LogP contribution in [0.2, 0.25) is 5.02 Å². The summed E-state index contributed by atoms with van der Waals surface area (Å²) >= 11 is 6.11. The van der Waals surface area contributed by atoms with Crippen molar-refractivity contribution in [2.75, 3.05) is 7.05 Å². The van der Waals surface area contributed by atoms with Gasteiger partial charge in [0.05, 0.1) is 11.9 Å². The normalized spacial score (nSPS) is 11.4. The topological polar surface area (TPSA) is 34.0 Å². The van der Waals surface area contributed by atoms with Gasteiger partial charge < -0.3 is 0 Å². The third-order valence-corrected chi connectivity index (χ3v) is 3.68. The lowest BCUT2D eigenvalue weighted by Gasteiger charge is -2.16. The van der Waals surface area contributed by atoms with Gasteiger partial charge in [-0.15, -0.1) is 0 Å². The van der Waals surface area contributed by atoms with Gasteiger partial charge >= 0.3 is 0 Å². The van der Waals surface area contributed by atoms with Gasteiger partial charge in [0.25, 0.3) is 0 Å². The molecular formula is C16H17ClN4. The summed E-state index contributed by atoms with van der Waals surface area (Å²) in [5.74, 6) is 0. The number of hydrogen-bond donors (Lipinski definition) is 0. The molecule has 0 N–H and O–H groups in total. The highest BCUT2D eigenvalue weighted by Gasteiger charge is 2.08. The Morgan fingerprint density at radius 2 is 2.10 bits per heavy atom. The molecule has 21 heavy (non-hydrogen) atoms. The van der Waals surface area contributed by atoms with Crippen LogP contribution >= 0.6 is 11.6 Å². The van der Waals surface area contributed by atoms with Crippen LogP contribution in [0.15, 0.2) is 42.9 Å². The lowest BCUT2D eigenvalue weighted by atomic mass is 10.1. The maximum atomic E-state index is 6.11. The fourth-order valence-corrected chi connectivity index (χ4v) is 2.68. The van der Waals surface area contributed by atoms with Crippen LogP contribution in [0, 0.1) is 0 Å². The van der Waals surface area contributed by atoms with E-state index in [9.17, 15) is 0 Å².